The predicted molar refractivity (Wildman–Crippen MR) is 105 cm³/mol. The molecule has 3 aliphatic rings. The van der Waals surface area contributed by atoms with Crippen molar-refractivity contribution in [3.63, 3.8) is 0 Å². The molecular formula is C22H21N3O4. The highest BCUT2D eigenvalue weighted by molar-refractivity contribution is 6.03. The minimum absolute atomic E-state index is 0.0777. The number of anilines is 1. The maximum atomic E-state index is 13.3. The molecule has 7 nitrogen and oxygen atoms in total. The molecule has 2 fully saturated rings. The number of methoxy groups -OCH3 is 1. The quantitative estimate of drug-likeness (QED) is 0.785. The lowest BCUT2D eigenvalue weighted by molar-refractivity contribution is -0.132. The molecule has 0 aliphatic carbocycles. The lowest BCUT2D eigenvalue weighted by atomic mass is 9.77. The topological polar surface area (TPSA) is 80.8 Å². The van der Waals surface area contributed by atoms with Gasteiger partial charge >= 0.3 is 0 Å². The number of carbonyl (C=O) groups is 2. The van der Waals surface area contributed by atoms with Gasteiger partial charge in [-0.05, 0) is 42.0 Å². The first-order valence-corrected chi connectivity index (χ1v) is 9.60. The lowest BCUT2D eigenvalue weighted by Crippen LogP contribution is -2.43. The molecule has 0 radical (unpaired) electrons. The zero-order valence-corrected chi connectivity index (χ0v) is 15.9. The minimum Gasteiger partial charge on any atom is -0.497 e. The summed E-state index contributed by atoms with van der Waals surface area (Å²) < 4.78 is 11.4. The van der Waals surface area contributed by atoms with Crippen LogP contribution in [0.2, 0.25) is 0 Å². The van der Waals surface area contributed by atoms with Crippen LogP contribution in [0.4, 0.5) is 5.69 Å². The fourth-order valence-electron chi connectivity index (χ4n) is 4.59. The Morgan fingerprint density at radius 3 is 2.76 bits per heavy atom. The van der Waals surface area contributed by atoms with Gasteiger partial charge in [-0.15, -0.1) is 0 Å². The van der Waals surface area contributed by atoms with E-state index in [9.17, 15) is 9.59 Å². The largest absolute Gasteiger partial charge is 0.497 e. The molecule has 1 N–H and O–H groups in total. The van der Waals surface area contributed by atoms with Crippen molar-refractivity contribution in [2.45, 2.75) is 18.2 Å². The number of ether oxygens (including phenoxy) is 2. The van der Waals surface area contributed by atoms with Crippen molar-refractivity contribution in [3.05, 3.63) is 66.5 Å². The van der Waals surface area contributed by atoms with Crippen molar-refractivity contribution < 1.29 is 19.1 Å². The molecule has 7 heteroatoms. The Kier molecular flexibility index (Phi) is 4.13. The molecule has 148 valence electrons. The van der Waals surface area contributed by atoms with Gasteiger partial charge in [0.1, 0.15) is 11.4 Å². The number of rotatable bonds is 5. The summed E-state index contributed by atoms with van der Waals surface area (Å²) in [5, 5.41) is 2.96. The molecule has 2 bridgehead atoms. The number of nitrogens with one attached hydrogen (secondary N) is 1. The standard InChI is InChI=1S/C22H21N3O4/c1-28-16-4-2-15(3-5-16)25-13-22-9-6-17(29-22)18(19(22)21(25)27)20(26)24-12-14-7-10-23-11-8-14/h2-11,17-19H,12-13H2,1H3,(H,24,26)/t17-,18+,19+,22-/m1/s1. The first kappa shape index (κ1) is 17.9. The molecule has 4 heterocycles. The normalized spacial score (nSPS) is 29.2. The summed E-state index contributed by atoms with van der Waals surface area (Å²) in [4.78, 5) is 32.0. The van der Waals surface area contributed by atoms with Crippen molar-refractivity contribution in [2.24, 2.45) is 11.8 Å². The predicted octanol–water partition coefficient (Wildman–Crippen LogP) is 1.69. The number of nitrogens with zero attached hydrogens (tertiary/aromatic N) is 2. The third kappa shape index (κ3) is 2.81. The van der Waals surface area contributed by atoms with Crippen LogP contribution >= 0.6 is 0 Å². The molecule has 1 spiro atoms. The second-order valence-corrected chi connectivity index (χ2v) is 7.60. The molecule has 0 saturated carbocycles. The lowest BCUT2D eigenvalue weighted by Gasteiger charge is -2.23. The molecule has 2 aromatic rings. The van der Waals surface area contributed by atoms with Gasteiger partial charge in [0.05, 0.1) is 31.6 Å². The Bertz CT molecular complexity index is 975. The summed E-state index contributed by atoms with van der Waals surface area (Å²) in [6.45, 7) is 0.800. The van der Waals surface area contributed by atoms with Crippen LogP contribution in [0.3, 0.4) is 0 Å². The molecule has 5 rings (SSSR count). The van der Waals surface area contributed by atoms with Gasteiger partial charge < -0.3 is 19.7 Å². The average molecular weight is 391 g/mol. The van der Waals surface area contributed by atoms with Crippen molar-refractivity contribution in [3.8, 4) is 5.75 Å². The smallest absolute Gasteiger partial charge is 0.234 e. The summed E-state index contributed by atoms with van der Waals surface area (Å²) in [6.07, 6.45) is 6.88. The van der Waals surface area contributed by atoms with E-state index >= 15 is 0 Å². The number of hydrogen-bond donors (Lipinski definition) is 1. The molecule has 2 amide bonds. The summed E-state index contributed by atoms with van der Waals surface area (Å²) >= 11 is 0. The maximum absolute atomic E-state index is 13.3. The van der Waals surface area contributed by atoms with Gasteiger partial charge in [-0.1, -0.05) is 12.2 Å². The van der Waals surface area contributed by atoms with Crippen LogP contribution in [0, 0.1) is 11.8 Å². The van der Waals surface area contributed by atoms with E-state index < -0.39 is 17.4 Å². The zero-order chi connectivity index (χ0) is 20.0. The van der Waals surface area contributed by atoms with Gasteiger partial charge in [-0.25, -0.2) is 0 Å². The van der Waals surface area contributed by atoms with Gasteiger partial charge in [0, 0.05) is 24.6 Å². The Balaban J connectivity index is 1.37. The van der Waals surface area contributed by atoms with E-state index in [1.165, 1.54) is 0 Å². The summed E-state index contributed by atoms with van der Waals surface area (Å²) in [6, 6.07) is 11.0. The fourth-order valence-corrected chi connectivity index (χ4v) is 4.59. The van der Waals surface area contributed by atoms with Crippen molar-refractivity contribution >= 4 is 17.5 Å². The van der Waals surface area contributed by atoms with E-state index in [-0.39, 0.29) is 17.9 Å². The van der Waals surface area contributed by atoms with Crippen molar-refractivity contribution in [1.82, 2.24) is 10.3 Å². The maximum Gasteiger partial charge on any atom is 0.234 e. The molecule has 0 unspecified atom stereocenters. The fraction of sp³-hybridized carbons (Fsp3) is 0.318. The van der Waals surface area contributed by atoms with Crippen LogP contribution in [-0.4, -0.2) is 42.2 Å². The summed E-state index contributed by atoms with van der Waals surface area (Å²) in [5.41, 5.74) is 0.997. The first-order chi connectivity index (χ1) is 14.1. The number of fused-ring (bicyclic) bond motifs is 1. The van der Waals surface area contributed by atoms with Gasteiger partial charge in [0.15, 0.2) is 0 Å². The van der Waals surface area contributed by atoms with Crippen molar-refractivity contribution in [1.29, 1.82) is 0 Å². The Morgan fingerprint density at radius 2 is 2.03 bits per heavy atom. The van der Waals surface area contributed by atoms with Crippen molar-refractivity contribution in [2.75, 3.05) is 18.6 Å². The van der Waals surface area contributed by atoms with Crippen LogP contribution in [0.25, 0.3) is 0 Å². The van der Waals surface area contributed by atoms with Crippen LogP contribution < -0.4 is 15.0 Å². The molecule has 3 aliphatic heterocycles. The summed E-state index contributed by atoms with van der Waals surface area (Å²) in [7, 11) is 1.60. The highest BCUT2D eigenvalue weighted by atomic mass is 16.5. The number of aromatic nitrogens is 1. The number of benzene rings is 1. The average Bonchev–Trinajstić information content (AvgIpc) is 3.41. The minimum atomic E-state index is -0.736. The van der Waals surface area contributed by atoms with E-state index in [1.807, 2.05) is 48.6 Å². The molecule has 4 atom stereocenters. The molecule has 2 saturated heterocycles. The van der Waals surface area contributed by atoms with Crippen LogP contribution in [0.5, 0.6) is 5.75 Å². The van der Waals surface area contributed by atoms with Crippen LogP contribution in [-0.2, 0) is 20.9 Å². The van der Waals surface area contributed by atoms with Gasteiger partial charge in [-0.2, -0.15) is 0 Å². The Hall–Kier alpha value is -3.19. The molecular weight excluding hydrogens is 370 g/mol. The monoisotopic (exact) mass is 391 g/mol. The number of amides is 2. The van der Waals surface area contributed by atoms with Gasteiger partial charge in [-0.3, -0.25) is 14.6 Å². The van der Waals surface area contributed by atoms with E-state index in [0.29, 0.717) is 13.1 Å². The summed E-state index contributed by atoms with van der Waals surface area (Å²) in [5.74, 6) is -0.558. The Labute approximate surface area is 168 Å². The first-order valence-electron chi connectivity index (χ1n) is 9.60. The highest BCUT2D eigenvalue weighted by Gasteiger charge is 2.67. The third-order valence-electron chi connectivity index (χ3n) is 6.00. The second kappa shape index (κ2) is 6.70. The highest BCUT2D eigenvalue weighted by Crippen LogP contribution is 2.52. The molecule has 1 aromatic heterocycles. The Morgan fingerprint density at radius 1 is 1.28 bits per heavy atom. The molecule has 1 aromatic carbocycles. The second-order valence-electron chi connectivity index (χ2n) is 7.60. The number of hydrogen-bond acceptors (Lipinski definition) is 5. The van der Waals surface area contributed by atoms with E-state index in [1.54, 1.807) is 24.4 Å². The third-order valence-corrected chi connectivity index (χ3v) is 6.00. The molecule has 29 heavy (non-hydrogen) atoms. The number of carbonyl (C=O) groups excluding carboxylic acids is 2. The number of pyridine rings is 1. The SMILES string of the molecule is COc1ccc(N2C[C@@]34C=C[C@@H](O3)[C@H](C(=O)NCc3ccncc3)[C@H]4C2=O)cc1. The van der Waals surface area contributed by atoms with E-state index in [2.05, 4.69) is 10.3 Å². The van der Waals surface area contributed by atoms with E-state index in [4.69, 9.17) is 9.47 Å². The van der Waals surface area contributed by atoms with Gasteiger partial charge in [0.2, 0.25) is 11.8 Å². The van der Waals surface area contributed by atoms with Crippen LogP contribution in [0.15, 0.2) is 60.9 Å². The zero-order valence-electron chi connectivity index (χ0n) is 15.9. The van der Waals surface area contributed by atoms with Crippen LogP contribution in [0.1, 0.15) is 5.56 Å². The van der Waals surface area contributed by atoms with E-state index in [0.717, 1.165) is 17.0 Å². The van der Waals surface area contributed by atoms with Gasteiger partial charge in [0.25, 0.3) is 0 Å².